The van der Waals surface area contributed by atoms with Crippen molar-refractivity contribution in [3.05, 3.63) is 86.1 Å². The average Bonchev–Trinajstić information content (AvgIpc) is 3.13. The predicted molar refractivity (Wildman–Crippen MR) is 151 cm³/mol. The fraction of sp³-hybridized carbons (Fsp3) is 0.148. The summed E-state index contributed by atoms with van der Waals surface area (Å²) in [7, 11) is 0. The van der Waals surface area contributed by atoms with E-state index in [0.29, 0.717) is 43.6 Å². The molecule has 10 heteroatoms. The second-order valence-electron chi connectivity index (χ2n) is 8.07. The van der Waals surface area contributed by atoms with Crippen LogP contribution >= 0.6 is 34.2 Å². The molecule has 1 fully saturated rings. The number of rotatable bonds is 8. The number of hydrogen-bond acceptors (Lipinski definition) is 5. The number of carbonyl (C=O) groups excluding carboxylic acids is 3. The van der Waals surface area contributed by atoms with Gasteiger partial charge in [-0.2, -0.15) is 0 Å². The molecule has 1 saturated heterocycles. The number of urea groups is 1. The number of carbonyl (C=O) groups is 3. The van der Waals surface area contributed by atoms with E-state index in [1.807, 2.05) is 38.1 Å². The van der Waals surface area contributed by atoms with Gasteiger partial charge in [0, 0.05) is 10.7 Å². The van der Waals surface area contributed by atoms with Gasteiger partial charge >= 0.3 is 6.03 Å². The van der Waals surface area contributed by atoms with Gasteiger partial charge in [0.15, 0.2) is 18.1 Å². The zero-order chi connectivity index (χ0) is 26.5. The van der Waals surface area contributed by atoms with Gasteiger partial charge in [-0.1, -0.05) is 29.3 Å². The van der Waals surface area contributed by atoms with E-state index in [9.17, 15) is 14.4 Å². The number of benzene rings is 3. The van der Waals surface area contributed by atoms with Crippen LogP contribution < -0.4 is 25.0 Å². The topological polar surface area (TPSA) is 97.0 Å². The molecule has 37 heavy (non-hydrogen) atoms. The van der Waals surface area contributed by atoms with Crippen LogP contribution in [0.25, 0.3) is 6.08 Å². The molecule has 190 valence electrons. The first-order valence-corrected chi connectivity index (χ1v) is 12.8. The summed E-state index contributed by atoms with van der Waals surface area (Å²) in [6.07, 6.45) is 1.56. The summed E-state index contributed by atoms with van der Waals surface area (Å²) in [6.45, 7) is 3.95. The van der Waals surface area contributed by atoms with Crippen LogP contribution in [0, 0.1) is 10.5 Å². The summed E-state index contributed by atoms with van der Waals surface area (Å²) in [5, 5.41) is 5.90. The molecule has 2 N–H and O–H groups in total. The van der Waals surface area contributed by atoms with Crippen molar-refractivity contribution in [1.82, 2.24) is 5.32 Å². The second-order valence-corrected chi connectivity index (χ2v) is 9.67. The summed E-state index contributed by atoms with van der Waals surface area (Å²) in [5.74, 6) is 0.0205. The number of imide groups is 1. The van der Waals surface area contributed by atoms with E-state index in [0.717, 1.165) is 10.5 Å². The van der Waals surface area contributed by atoms with E-state index in [-0.39, 0.29) is 18.2 Å². The van der Waals surface area contributed by atoms with E-state index in [2.05, 4.69) is 33.2 Å². The van der Waals surface area contributed by atoms with Crippen LogP contribution in [0.3, 0.4) is 0 Å². The summed E-state index contributed by atoms with van der Waals surface area (Å²) in [5.41, 5.74) is 2.91. The minimum atomic E-state index is -0.558. The molecule has 0 aliphatic carbocycles. The van der Waals surface area contributed by atoms with Crippen molar-refractivity contribution in [1.29, 1.82) is 0 Å². The van der Waals surface area contributed by atoms with Crippen LogP contribution in [-0.4, -0.2) is 31.1 Å². The minimum absolute atomic E-state index is 0.115. The third kappa shape index (κ3) is 6.41. The first kappa shape index (κ1) is 26.5. The maximum atomic E-state index is 13.0. The normalized spacial score (nSPS) is 14.1. The van der Waals surface area contributed by atoms with Gasteiger partial charge in [-0.25, -0.2) is 9.69 Å². The Morgan fingerprint density at radius 3 is 2.46 bits per heavy atom. The van der Waals surface area contributed by atoms with Gasteiger partial charge in [0.05, 0.1) is 15.9 Å². The maximum absolute atomic E-state index is 13.0. The molecule has 3 aromatic rings. The van der Waals surface area contributed by atoms with Crippen molar-refractivity contribution in [2.45, 2.75) is 13.8 Å². The van der Waals surface area contributed by atoms with Crippen LogP contribution in [0.1, 0.15) is 18.1 Å². The SMILES string of the molecule is CCOc1cc(/C=C2/NC(=O)N(c3ccc(Cl)cc3)C2=O)cc(I)c1OCC(=O)Nc1ccc(C)cc1. The zero-order valence-corrected chi connectivity index (χ0v) is 22.9. The molecule has 0 spiro atoms. The Morgan fingerprint density at radius 2 is 1.78 bits per heavy atom. The van der Waals surface area contributed by atoms with Crippen LogP contribution in [0.15, 0.2) is 66.4 Å². The smallest absolute Gasteiger partial charge is 0.333 e. The first-order chi connectivity index (χ1) is 17.7. The Bertz CT molecular complexity index is 1370. The molecule has 0 aromatic heterocycles. The monoisotopic (exact) mass is 631 g/mol. The largest absolute Gasteiger partial charge is 0.490 e. The van der Waals surface area contributed by atoms with Crippen LogP contribution in [0.5, 0.6) is 11.5 Å². The lowest BCUT2D eigenvalue weighted by atomic mass is 10.1. The lowest BCUT2D eigenvalue weighted by Crippen LogP contribution is -2.30. The number of ether oxygens (including phenoxy) is 2. The van der Waals surface area contributed by atoms with Crippen molar-refractivity contribution < 1.29 is 23.9 Å². The van der Waals surface area contributed by atoms with Gasteiger partial charge in [-0.05, 0) is 96.6 Å². The molecule has 8 nitrogen and oxygen atoms in total. The summed E-state index contributed by atoms with van der Waals surface area (Å²) >= 11 is 7.99. The van der Waals surface area contributed by atoms with Crippen molar-refractivity contribution in [3.8, 4) is 11.5 Å². The Kier molecular flexibility index (Phi) is 8.34. The maximum Gasteiger partial charge on any atom is 0.333 e. The van der Waals surface area contributed by atoms with Crippen molar-refractivity contribution in [2.75, 3.05) is 23.4 Å². The average molecular weight is 632 g/mol. The minimum Gasteiger partial charge on any atom is -0.490 e. The highest BCUT2D eigenvalue weighted by molar-refractivity contribution is 14.1. The fourth-order valence-electron chi connectivity index (χ4n) is 3.57. The van der Waals surface area contributed by atoms with Crippen molar-refractivity contribution in [3.63, 3.8) is 0 Å². The highest BCUT2D eigenvalue weighted by atomic mass is 127. The fourth-order valence-corrected chi connectivity index (χ4v) is 4.48. The van der Waals surface area contributed by atoms with Gasteiger partial charge in [0.25, 0.3) is 11.8 Å². The number of aryl methyl sites for hydroxylation is 1. The second kappa shape index (κ2) is 11.7. The molecule has 0 unspecified atom stereocenters. The number of nitrogens with zero attached hydrogens (tertiary/aromatic N) is 1. The van der Waals surface area contributed by atoms with Gasteiger partial charge in [0.1, 0.15) is 5.70 Å². The molecule has 3 aromatic carbocycles. The predicted octanol–water partition coefficient (Wildman–Crippen LogP) is 5.77. The third-order valence-electron chi connectivity index (χ3n) is 5.29. The Hall–Kier alpha value is -3.57. The summed E-state index contributed by atoms with van der Waals surface area (Å²) in [6, 6.07) is 16.8. The van der Waals surface area contributed by atoms with E-state index in [4.69, 9.17) is 21.1 Å². The quantitative estimate of drug-likeness (QED) is 0.187. The van der Waals surface area contributed by atoms with Crippen LogP contribution in [0.2, 0.25) is 5.02 Å². The molecule has 1 aliphatic heterocycles. The highest BCUT2D eigenvalue weighted by Gasteiger charge is 2.35. The number of halogens is 2. The molecule has 4 rings (SSSR count). The molecule has 0 atom stereocenters. The standard InChI is InChI=1S/C27H23ClIN3O5/c1-3-36-23-14-17(13-22-26(34)32(27(35)31-22)20-10-6-18(28)7-11-20)12-21(29)25(23)37-15-24(33)30-19-8-4-16(2)5-9-19/h4-14H,3,15H2,1-2H3,(H,30,33)(H,31,35)/b22-13+. The molecule has 1 aliphatic rings. The Balaban J connectivity index is 1.51. The number of anilines is 2. The molecule has 0 bridgehead atoms. The third-order valence-corrected chi connectivity index (χ3v) is 6.34. The molecular formula is C27H23ClIN3O5. The van der Waals surface area contributed by atoms with Gasteiger partial charge in [0.2, 0.25) is 0 Å². The molecular weight excluding hydrogens is 609 g/mol. The Labute approximate surface area is 232 Å². The number of nitrogens with one attached hydrogen (secondary N) is 2. The van der Waals surface area contributed by atoms with Crippen molar-refractivity contribution >= 4 is 69.5 Å². The van der Waals surface area contributed by atoms with E-state index in [1.165, 1.54) is 0 Å². The van der Waals surface area contributed by atoms with E-state index >= 15 is 0 Å². The molecule has 1 heterocycles. The lowest BCUT2D eigenvalue weighted by molar-refractivity contribution is -0.118. The lowest BCUT2D eigenvalue weighted by Gasteiger charge is -2.15. The number of hydrogen-bond donors (Lipinski definition) is 2. The highest BCUT2D eigenvalue weighted by Crippen LogP contribution is 2.35. The van der Waals surface area contributed by atoms with E-state index < -0.39 is 11.9 Å². The molecule has 0 radical (unpaired) electrons. The van der Waals surface area contributed by atoms with Gasteiger partial charge in [-0.3, -0.25) is 9.59 Å². The zero-order valence-electron chi connectivity index (χ0n) is 20.0. The van der Waals surface area contributed by atoms with E-state index in [1.54, 1.807) is 42.5 Å². The molecule has 0 saturated carbocycles. The number of amides is 4. The first-order valence-electron chi connectivity index (χ1n) is 11.3. The van der Waals surface area contributed by atoms with Gasteiger partial charge in [-0.15, -0.1) is 0 Å². The van der Waals surface area contributed by atoms with Crippen molar-refractivity contribution in [2.24, 2.45) is 0 Å². The Morgan fingerprint density at radius 1 is 1.08 bits per heavy atom. The van der Waals surface area contributed by atoms with Crippen LogP contribution in [0.4, 0.5) is 16.2 Å². The molecule has 4 amide bonds. The van der Waals surface area contributed by atoms with Crippen LogP contribution in [-0.2, 0) is 9.59 Å². The summed E-state index contributed by atoms with van der Waals surface area (Å²) < 4.78 is 12.2. The summed E-state index contributed by atoms with van der Waals surface area (Å²) in [4.78, 5) is 38.9. The van der Waals surface area contributed by atoms with Gasteiger partial charge < -0.3 is 20.1 Å².